The lowest BCUT2D eigenvalue weighted by Crippen LogP contribution is -1.64. The Morgan fingerprint density at radius 3 is 2.75 bits per heavy atom. The molecule has 0 saturated heterocycles. The van der Waals surface area contributed by atoms with Gasteiger partial charge in [-0.25, -0.2) is 0 Å². The largest absolute Gasteiger partial charge is 0.508 e. The van der Waals surface area contributed by atoms with Gasteiger partial charge in [0.05, 0.1) is 4.21 Å². The number of thiol groups is 1. The Bertz CT molecular complexity index is 434. The van der Waals surface area contributed by atoms with Gasteiger partial charge in [-0.1, -0.05) is 0 Å². The van der Waals surface area contributed by atoms with Crippen LogP contribution in [0, 0.1) is 0 Å². The van der Waals surface area contributed by atoms with Crippen molar-refractivity contribution < 1.29 is 10.2 Å². The molecular formula is C8H6O2S2. The molecule has 2 rings (SSSR count). The molecule has 12 heavy (non-hydrogen) atoms. The third-order valence-corrected chi connectivity index (χ3v) is 3.06. The highest BCUT2D eigenvalue weighted by molar-refractivity contribution is 7.83. The van der Waals surface area contributed by atoms with E-state index in [-0.39, 0.29) is 11.5 Å². The van der Waals surface area contributed by atoms with Gasteiger partial charge in [0.15, 0.2) is 0 Å². The van der Waals surface area contributed by atoms with Crippen molar-refractivity contribution in [2.24, 2.45) is 0 Å². The number of thiophene rings is 1. The highest BCUT2D eigenvalue weighted by Gasteiger charge is 2.07. The summed E-state index contributed by atoms with van der Waals surface area (Å²) in [7, 11) is 0. The normalized spacial score (nSPS) is 10.8. The van der Waals surface area contributed by atoms with Crippen LogP contribution >= 0.6 is 24.0 Å². The summed E-state index contributed by atoms with van der Waals surface area (Å²) in [5, 5.41) is 19.3. The van der Waals surface area contributed by atoms with Gasteiger partial charge in [-0.2, -0.15) is 0 Å². The van der Waals surface area contributed by atoms with Crippen molar-refractivity contribution in [2.75, 3.05) is 0 Å². The minimum atomic E-state index is 0.193. The van der Waals surface area contributed by atoms with Crippen molar-refractivity contribution in [3.05, 3.63) is 18.2 Å². The van der Waals surface area contributed by atoms with Crippen LogP contribution in [0.15, 0.2) is 22.4 Å². The average molecular weight is 198 g/mol. The van der Waals surface area contributed by atoms with Crippen LogP contribution in [0.1, 0.15) is 0 Å². The molecule has 0 aliphatic rings. The van der Waals surface area contributed by atoms with E-state index in [1.165, 1.54) is 11.3 Å². The van der Waals surface area contributed by atoms with Crippen molar-refractivity contribution in [1.29, 1.82) is 0 Å². The van der Waals surface area contributed by atoms with Crippen LogP contribution < -0.4 is 0 Å². The Kier molecular flexibility index (Phi) is 1.66. The highest BCUT2D eigenvalue weighted by Crippen LogP contribution is 2.40. The lowest BCUT2D eigenvalue weighted by atomic mass is 10.2. The first-order valence-corrected chi connectivity index (χ1v) is 4.58. The second kappa shape index (κ2) is 2.57. The standard InChI is InChI=1S/C8H6O2S2/c9-4-1-2-5-6(3-4)12-8(11)7(5)10/h1-3,9-11H. The predicted octanol–water partition coefficient (Wildman–Crippen LogP) is 2.60. The molecule has 0 bridgehead atoms. The number of fused-ring (bicyclic) bond motifs is 1. The van der Waals surface area contributed by atoms with Crippen LogP contribution in [-0.2, 0) is 0 Å². The fourth-order valence-corrected chi connectivity index (χ4v) is 2.34. The molecule has 0 spiro atoms. The van der Waals surface area contributed by atoms with E-state index in [9.17, 15) is 5.11 Å². The highest BCUT2D eigenvalue weighted by atomic mass is 32.2. The molecule has 0 aliphatic carbocycles. The summed E-state index contributed by atoms with van der Waals surface area (Å²) in [6.45, 7) is 0. The second-order valence-corrected chi connectivity index (χ2v) is 4.24. The number of aromatic hydroxyl groups is 2. The van der Waals surface area contributed by atoms with E-state index in [2.05, 4.69) is 12.6 Å². The van der Waals surface area contributed by atoms with Crippen LogP contribution in [0.5, 0.6) is 11.5 Å². The third-order valence-electron chi connectivity index (χ3n) is 1.63. The molecule has 0 radical (unpaired) electrons. The van der Waals surface area contributed by atoms with E-state index < -0.39 is 0 Å². The maximum atomic E-state index is 9.44. The predicted molar refractivity (Wildman–Crippen MR) is 52.4 cm³/mol. The first-order valence-electron chi connectivity index (χ1n) is 3.32. The fourth-order valence-electron chi connectivity index (χ4n) is 1.06. The molecule has 0 aliphatic heterocycles. The smallest absolute Gasteiger partial charge is 0.147 e. The molecule has 2 N–H and O–H groups in total. The Morgan fingerprint density at radius 1 is 1.25 bits per heavy atom. The van der Waals surface area contributed by atoms with Gasteiger partial charge in [0.2, 0.25) is 0 Å². The number of phenolic OH excluding ortho intramolecular Hbond substituents is 1. The molecule has 0 atom stereocenters. The molecular weight excluding hydrogens is 192 g/mol. The van der Waals surface area contributed by atoms with Gasteiger partial charge in [-0.3, -0.25) is 0 Å². The average Bonchev–Trinajstić information content (AvgIpc) is 2.28. The van der Waals surface area contributed by atoms with Gasteiger partial charge < -0.3 is 10.2 Å². The molecule has 0 amide bonds. The van der Waals surface area contributed by atoms with E-state index in [1.54, 1.807) is 18.2 Å². The number of benzene rings is 1. The molecule has 0 fully saturated rings. The van der Waals surface area contributed by atoms with Crippen molar-refractivity contribution in [2.45, 2.75) is 4.21 Å². The van der Waals surface area contributed by atoms with Gasteiger partial charge in [0.1, 0.15) is 11.5 Å². The molecule has 0 unspecified atom stereocenters. The van der Waals surface area contributed by atoms with Crippen molar-refractivity contribution in [3.63, 3.8) is 0 Å². The summed E-state index contributed by atoms with van der Waals surface area (Å²) in [4.78, 5) is 0. The fraction of sp³-hybridized carbons (Fsp3) is 0. The van der Waals surface area contributed by atoms with E-state index in [0.717, 1.165) is 10.1 Å². The van der Waals surface area contributed by atoms with Crippen molar-refractivity contribution in [1.82, 2.24) is 0 Å². The zero-order chi connectivity index (χ0) is 8.72. The Labute approximate surface area is 78.5 Å². The maximum Gasteiger partial charge on any atom is 0.147 e. The molecule has 1 heterocycles. The summed E-state index contributed by atoms with van der Waals surface area (Å²) >= 11 is 5.42. The lowest BCUT2D eigenvalue weighted by molar-refractivity contribution is 0.472. The van der Waals surface area contributed by atoms with E-state index >= 15 is 0 Å². The van der Waals surface area contributed by atoms with Gasteiger partial charge in [-0.15, -0.1) is 24.0 Å². The molecule has 62 valence electrons. The zero-order valence-corrected chi connectivity index (χ0v) is 7.69. The Hall–Kier alpha value is -0.870. The molecule has 1 aromatic heterocycles. The topological polar surface area (TPSA) is 40.5 Å². The number of hydrogen-bond acceptors (Lipinski definition) is 4. The molecule has 2 aromatic rings. The Morgan fingerprint density at radius 2 is 2.00 bits per heavy atom. The first-order chi connectivity index (χ1) is 5.68. The molecule has 0 saturated carbocycles. The Balaban J connectivity index is 2.87. The number of phenols is 1. The zero-order valence-electron chi connectivity index (χ0n) is 5.98. The van der Waals surface area contributed by atoms with Crippen LogP contribution in [0.2, 0.25) is 0 Å². The first kappa shape index (κ1) is 7.76. The van der Waals surface area contributed by atoms with Crippen LogP contribution in [0.25, 0.3) is 10.1 Å². The summed E-state index contributed by atoms with van der Waals surface area (Å²) in [5.74, 6) is 0.399. The van der Waals surface area contributed by atoms with Crippen molar-refractivity contribution >= 4 is 34.1 Å². The van der Waals surface area contributed by atoms with E-state index in [4.69, 9.17) is 5.11 Å². The van der Waals surface area contributed by atoms with Crippen molar-refractivity contribution in [3.8, 4) is 11.5 Å². The summed E-state index contributed by atoms with van der Waals surface area (Å²) in [6.07, 6.45) is 0. The summed E-state index contributed by atoms with van der Waals surface area (Å²) in [5.41, 5.74) is 0. The molecule has 1 aromatic carbocycles. The third kappa shape index (κ3) is 1.04. The lowest BCUT2D eigenvalue weighted by Gasteiger charge is -1.91. The van der Waals surface area contributed by atoms with Gasteiger partial charge in [-0.05, 0) is 18.2 Å². The van der Waals surface area contributed by atoms with Crippen LogP contribution in [0.4, 0.5) is 0 Å². The van der Waals surface area contributed by atoms with E-state index in [1.807, 2.05) is 0 Å². The quantitative estimate of drug-likeness (QED) is 0.569. The molecule has 2 nitrogen and oxygen atoms in total. The monoisotopic (exact) mass is 198 g/mol. The van der Waals surface area contributed by atoms with Crippen LogP contribution in [-0.4, -0.2) is 10.2 Å². The van der Waals surface area contributed by atoms with Crippen LogP contribution in [0.3, 0.4) is 0 Å². The maximum absolute atomic E-state index is 9.44. The minimum Gasteiger partial charge on any atom is -0.508 e. The van der Waals surface area contributed by atoms with Gasteiger partial charge in [0, 0.05) is 10.1 Å². The minimum absolute atomic E-state index is 0.193. The second-order valence-electron chi connectivity index (χ2n) is 2.44. The van der Waals surface area contributed by atoms with Gasteiger partial charge >= 0.3 is 0 Å². The SMILES string of the molecule is Oc1ccc2c(O)c(S)sc2c1. The van der Waals surface area contributed by atoms with Gasteiger partial charge in [0.25, 0.3) is 0 Å². The number of hydrogen-bond donors (Lipinski definition) is 3. The summed E-state index contributed by atoms with van der Waals surface area (Å²) < 4.78 is 1.42. The number of rotatable bonds is 0. The molecule has 4 heteroatoms. The van der Waals surface area contributed by atoms with E-state index in [0.29, 0.717) is 4.21 Å². The summed E-state index contributed by atoms with van der Waals surface area (Å²) in [6, 6.07) is 4.83.